The van der Waals surface area contributed by atoms with Gasteiger partial charge in [0.05, 0.1) is 23.7 Å². The number of halogens is 1. The summed E-state index contributed by atoms with van der Waals surface area (Å²) in [5.74, 6) is -0.270. The summed E-state index contributed by atoms with van der Waals surface area (Å²) in [6.45, 7) is 5.14. The molecule has 0 saturated carbocycles. The molecule has 0 atom stereocenters. The van der Waals surface area contributed by atoms with Crippen molar-refractivity contribution in [3.05, 3.63) is 56.6 Å². The molecule has 3 N–H and O–H groups in total. The van der Waals surface area contributed by atoms with Crippen LogP contribution in [0.15, 0.2) is 29.1 Å². The topological polar surface area (TPSA) is 112 Å². The SMILES string of the molecule is Cc1nc2cc(=O)[nH]n2c(C)c1CC(=O)Nc1ccc(N2CCNC(=O)C2)c(Cl)c1. The molecule has 1 saturated heterocycles. The fraction of sp³-hybridized carbons (Fsp3) is 0.300. The Labute approximate surface area is 177 Å². The Morgan fingerprint density at radius 3 is 2.80 bits per heavy atom. The van der Waals surface area contributed by atoms with Crippen molar-refractivity contribution in [3.63, 3.8) is 0 Å². The molecule has 0 unspecified atom stereocenters. The number of H-pyrrole nitrogens is 1. The van der Waals surface area contributed by atoms with E-state index in [1.807, 2.05) is 18.7 Å². The van der Waals surface area contributed by atoms with Crippen LogP contribution >= 0.6 is 11.6 Å². The lowest BCUT2D eigenvalue weighted by molar-refractivity contribution is -0.120. The lowest BCUT2D eigenvalue weighted by Gasteiger charge is -2.29. The highest BCUT2D eigenvalue weighted by Gasteiger charge is 2.19. The minimum absolute atomic E-state index is 0.0462. The smallest absolute Gasteiger partial charge is 0.266 e. The molecule has 10 heteroatoms. The maximum absolute atomic E-state index is 12.6. The standard InChI is InChI=1S/C20H21ClN6O3/c1-11-14(12(2)27-17(23-11)9-19(29)25-27)8-18(28)24-13-3-4-16(15(21)7-13)26-6-5-22-20(30)10-26/h3-4,7,9H,5-6,8,10H2,1-2H3,(H,22,30)(H,24,28)(H,25,29). The molecule has 2 aromatic heterocycles. The van der Waals surface area contributed by atoms with Crippen molar-refractivity contribution in [2.45, 2.75) is 20.3 Å². The van der Waals surface area contributed by atoms with Crippen LogP contribution in [0, 0.1) is 13.8 Å². The number of rotatable bonds is 4. The molecule has 0 spiro atoms. The van der Waals surface area contributed by atoms with Crippen LogP contribution in [0.2, 0.25) is 5.02 Å². The zero-order valence-corrected chi connectivity index (χ0v) is 17.3. The van der Waals surface area contributed by atoms with Gasteiger partial charge in [-0.1, -0.05) is 11.6 Å². The monoisotopic (exact) mass is 428 g/mol. The number of nitrogens with one attached hydrogen (secondary N) is 3. The van der Waals surface area contributed by atoms with Crippen molar-refractivity contribution in [3.8, 4) is 0 Å². The Hall–Kier alpha value is -3.33. The maximum atomic E-state index is 12.6. The van der Waals surface area contributed by atoms with E-state index in [1.54, 1.807) is 22.7 Å². The molecule has 1 fully saturated rings. The first-order valence-corrected chi connectivity index (χ1v) is 9.88. The second-order valence-corrected chi connectivity index (χ2v) is 7.65. The Balaban J connectivity index is 1.50. The highest BCUT2D eigenvalue weighted by atomic mass is 35.5. The summed E-state index contributed by atoms with van der Waals surface area (Å²) in [7, 11) is 0. The molecule has 0 radical (unpaired) electrons. The summed E-state index contributed by atoms with van der Waals surface area (Å²) in [6, 6.07) is 6.65. The number of benzene rings is 1. The van der Waals surface area contributed by atoms with E-state index in [1.165, 1.54) is 6.07 Å². The van der Waals surface area contributed by atoms with Gasteiger partial charge in [0.25, 0.3) is 5.56 Å². The van der Waals surface area contributed by atoms with Gasteiger partial charge in [-0.2, -0.15) is 0 Å². The van der Waals surface area contributed by atoms with Gasteiger partial charge in [0.2, 0.25) is 11.8 Å². The largest absolute Gasteiger partial charge is 0.359 e. The van der Waals surface area contributed by atoms with Gasteiger partial charge in [-0.15, -0.1) is 0 Å². The number of anilines is 2. The Bertz CT molecular complexity index is 1220. The molecule has 1 aliphatic rings. The Kier molecular flexibility index (Phi) is 5.21. The van der Waals surface area contributed by atoms with Gasteiger partial charge >= 0.3 is 0 Å². The number of carbonyl (C=O) groups excluding carboxylic acids is 2. The summed E-state index contributed by atoms with van der Waals surface area (Å²) in [5, 5.41) is 8.77. The third-order valence-electron chi connectivity index (χ3n) is 5.15. The number of aromatic nitrogens is 3. The minimum Gasteiger partial charge on any atom is -0.359 e. The number of amides is 2. The minimum atomic E-state index is -0.243. The quantitative estimate of drug-likeness (QED) is 0.581. The Morgan fingerprint density at radius 1 is 1.27 bits per heavy atom. The molecule has 1 aromatic carbocycles. The number of aromatic amines is 1. The first-order valence-electron chi connectivity index (χ1n) is 9.51. The van der Waals surface area contributed by atoms with E-state index in [2.05, 4.69) is 20.7 Å². The predicted molar refractivity (Wildman–Crippen MR) is 114 cm³/mol. The van der Waals surface area contributed by atoms with Crippen LogP contribution < -0.4 is 21.1 Å². The highest BCUT2D eigenvalue weighted by Crippen LogP contribution is 2.29. The van der Waals surface area contributed by atoms with E-state index in [9.17, 15) is 14.4 Å². The molecule has 0 aliphatic carbocycles. The molecule has 30 heavy (non-hydrogen) atoms. The molecular weight excluding hydrogens is 408 g/mol. The summed E-state index contributed by atoms with van der Waals surface area (Å²) < 4.78 is 1.58. The number of aryl methyl sites for hydroxylation is 2. The van der Waals surface area contributed by atoms with Gasteiger partial charge in [0.15, 0.2) is 5.65 Å². The molecule has 3 heterocycles. The van der Waals surface area contributed by atoms with E-state index in [-0.39, 0.29) is 30.3 Å². The fourth-order valence-corrected chi connectivity index (χ4v) is 3.96. The van der Waals surface area contributed by atoms with Crippen LogP contribution in [-0.2, 0) is 16.0 Å². The van der Waals surface area contributed by atoms with Gasteiger partial charge < -0.3 is 15.5 Å². The van der Waals surface area contributed by atoms with Crippen LogP contribution in [0.3, 0.4) is 0 Å². The van der Waals surface area contributed by atoms with E-state index < -0.39 is 0 Å². The predicted octanol–water partition coefficient (Wildman–Crippen LogP) is 1.41. The summed E-state index contributed by atoms with van der Waals surface area (Å²) in [4.78, 5) is 42.1. The highest BCUT2D eigenvalue weighted by molar-refractivity contribution is 6.33. The summed E-state index contributed by atoms with van der Waals surface area (Å²) in [6.07, 6.45) is 0.104. The first kappa shape index (κ1) is 20.0. The molecular formula is C20H21ClN6O3. The molecule has 1 aliphatic heterocycles. The van der Waals surface area contributed by atoms with Crippen LogP contribution in [-0.4, -0.2) is 46.0 Å². The summed E-state index contributed by atoms with van der Waals surface area (Å²) >= 11 is 6.40. The van der Waals surface area contributed by atoms with Crippen LogP contribution in [0.4, 0.5) is 11.4 Å². The lowest BCUT2D eigenvalue weighted by atomic mass is 10.1. The number of hydrogen-bond donors (Lipinski definition) is 3. The molecule has 3 aromatic rings. The third kappa shape index (κ3) is 3.88. The second-order valence-electron chi connectivity index (χ2n) is 7.24. The lowest BCUT2D eigenvalue weighted by Crippen LogP contribution is -2.47. The van der Waals surface area contributed by atoms with Crippen molar-refractivity contribution in [1.29, 1.82) is 0 Å². The van der Waals surface area contributed by atoms with Crippen LogP contribution in [0.5, 0.6) is 0 Å². The Morgan fingerprint density at radius 2 is 2.07 bits per heavy atom. The molecule has 4 rings (SSSR count). The van der Waals surface area contributed by atoms with Crippen molar-refractivity contribution in [2.24, 2.45) is 0 Å². The second kappa shape index (κ2) is 7.83. The van der Waals surface area contributed by atoms with E-state index in [4.69, 9.17) is 11.6 Å². The van der Waals surface area contributed by atoms with Gasteiger partial charge in [0.1, 0.15) is 0 Å². The third-order valence-corrected chi connectivity index (χ3v) is 5.45. The average Bonchev–Trinajstić information content (AvgIpc) is 3.05. The normalized spacial score (nSPS) is 14.1. The number of carbonyl (C=O) groups is 2. The molecule has 0 bridgehead atoms. The van der Waals surface area contributed by atoms with Crippen LogP contribution in [0.25, 0.3) is 5.65 Å². The molecule has 2 amide bonds. The molecule has 156 valence electrons. The number of nitrogens with zero attached hydrogens (tertiary/aromatic N) is 3. The maximum Gasteiger partial charge on any atom is 0.266 e. The summed E-state index contributed by atoms with van der Waals surface area (Å²) in [5.41, 5.74) is 3.79. The number of piperazine rings is 1. The van der Waals surface area contributed by atoms with Gasteiger partial charge in [-0.05, 0) is 32.0 Å². The van der Waals surface area contributed by atoms with Gasteiger partial charge in [0, 0.05) is 41.8 Å². The first-order chi connectivity index (χ1) is 14.3. The number of fused-ring (bicyclic) bond motifs is 1. The average molecular weight is 429 g/mol. The van der Waals surface area contributed by atoms with E-state index in [0.29, 0.717) is 35.1 Å². The molecule has 9 nitrogen and oxygen atoms in total. The van der Waals surface area contributed by atoms with Crippen molar-refractivity contribution < 1.29 is 9.59 Å². The zero-order valence-electron chi connectivity index (χ0n) is 16.6. The van der Waals surface area contributed by atoms with Crippen molar-refractivity contribution >= 4 is 40.4 Å². The van der Waals surface area contributed by atoms with Gasteiger partial charge in [-0.25, -0.2) is 9.50 Å². The fourth-order valence-electron chi connectivity index (χ4n) is 3.66. The van der Waals surface area contributed by atoms with Crippen LogP contribution in [0.1, 0.15) is 17.0 Å². The van der Waals surface area contributed by atoms with Crippen molar-refractivity contribution in [2.75, 3.05) is 29.9 Å². The van der Waals surface area contributed by atoms with Crippen molar-refractivity contribution in [1.82, 2.24) is 19.9 Å². The van der Waals surface area contributed by atoms with Gasteiger partial charge in [-0.3, -0.25) is 19.5 Å². The van der Waals surface area contributed by atoms with E-state index >= 15 is 0 Å². The zero-order chi connectivity index (χ0) is 21.4. The van der Waals surface area contributed by atoms with E-state index in [0.717, 1.165) is 16.9 Å². The number of hydrogen-bond acceptors (Lipinski definition) is 5.